The highest BCUT2D eigenvalue weighted by Crippen LogP contribution is 2.27. The summed E-state index contributed by atoms with van der Waals surface area (Å²) in [7, 11) is 0. The van der Waals surface area contributed by atoms with Gasteiger partial charge in [0, 0.05) is 41.7 Å². The van der Waals surface area contributed by atoms with Crippen LogP contribution in [-0.2, 0) is 13.0 Å². The minimum Gasteiger partial charge on any atom is -0.358 e. The van der Waals surface area contributed by atoms with E-state index in [1.165, 1.54) is 27.7 Å². The highest BCUT2D eigenvalue weighted by atomic mass is 32.1. The maximum Gasteiger partial charge on any atom is 0.169 e. The van der Waals surface area contributed by atoms with Crippen molar-refractivity contribution in [2.24, 2.45) is 0 Å². The van der Waals surface area contributed by atoms with Crippen molar-refractivity contribution in [1.29, 1.82) is 0 Å². The summed E-state index contributed by atoms with van der Waals surface area (Å²) in [6.07, 6.45) is 1.01. The molecule has 0 radical (unpaired) electrons. The standard InChI is InChI=1S/C20H21N3S/c1-14(15-7-3-2-4-8-15)21-20(24)23-12-11-19-17(13-23)16-9-5-6-10-18(16)22-19/h2-10,14,22H,11-13H2,1H3,(H,21,24)/t14-/m1/s1. The first-order valence-electron chi connectivity index (χ1n) is 8.41. The summed E-state index contributed by atoms with van der Waals surface area (Å²) in [4.78, 5) is 5.83. The predicted octanol–water partition coefficient (Wildman–Crippen LogP) is 4.16. The average Bonchev–Trinajstić information content (AvgIpc) is 3.00. The molecule has 1 aliphatic heterocycles. The van der Waals surface area contributed by atoms with E-state index in [-0.39, 0.29) is 6.04 Å². The maximum atomic E-state index is 5.68. The van der Waals surface area contributed by atoms with Crippen LogP contribution >= 0.6 is 12.2 Å². The molecule has 1 atom stereocenters. The van der Waals surface area contributed by atoms with Gasteiger partial charge in [-0.3, -0.25) is 0 Å². The van der Waals surface area contributed by atoms with E-state index in [9.17, 15) is 0 Å². The Morgan fingerprint density at radius 3 is 2.71 bits per heavy atom. The number of nitrogens with zero attached hydrogens (tertiary/aromatic N) is 1. The molecule has 2 N–H and O–H groups in total. The first-order valence-corrected chi connectivity index (χ1v) is 8.82. The zero-order chi connectivity index (χ0) is 16.5. The van der Waals surface area contributed by atoms with Crippen molar-refractivity contribution in [3.63, 3.8) is 0 Å². The van der Waals surface area contributed by atoms with Crippen LogP contribution in [0.15, 0.2) is 54.6 Å². The molecule has 0 fully saturated rings. The number of rotatable bonds is 2. The van der Waals surface area contributed by atoms with Gasteiger partial charge in [0.05, 0.1) is 6.04 Å². The fourth-order valence-corrected chi connectivity index (χ4v) is 3.77. The highest BCUT2D eigenvalue weighted by Gasteiger charge is 2.22. The molecule has 2 aromatic carbocycles. The topological polar surface area (TPSA) is 31.1 Å². The fourth-order valence-electron chi connectivity index (χ4n) is 3.44. The van der Waals surface area contributed by atoms with Gasteiger partial charge in [-0.05, 0) is 30.8 Å². The lowest BCUT2D eigenvalue weighted by molar-refractivity contribution is 0.382. The Balaban J connectivity index is 1.51. The number of H-pyrrole nitrogens is 1. The van der Waals surface area contributed by atoms with Gasteiger partial charge in [0.1, 0.15) is 0 Å². The molecule has 0 saturated heterocycles. The Morgan fingerprint density at radius 2 is 1.88 bits per heavy atom. The van der Waals surface area contributed by atoms with Crippen LogP contribution in [0.1, 0.15) is 29.8 Å². The van der Waals surface area contributed by atoms with Gasteiger partial charge in [-0.1, -0.05) is 48.5 Å². The van der Waals surface area contributed by atoms with E-state index in [2.05, 4.69) is 70.7 Å². The van der Waals surface area contributed by atoms with Crippen molar-refractivity contribution in [3.8, 4) is 0 Å². The summed E-state index contributed by atoms with van der Waals surface area (Å²) in [5.41, 5.74) is 5.21. The second kappa shape index (κ2) is 6.29. The van der Waals surface area contributed by atoms with Gasteiger partial charge >= 0.3 is 0 Å². The van der Waals surface area contributed by atoms with Crippen molar-refractivity contribution in [2.45, 2.75) is 25.9 Å². The Hall–Kier alpha value is -2.33. The van der Waals surface area contributed by atoms with E-state index in [1.807, 2.05) is 6.07 Å². The number of para-hydroxylation sites is 1. The Bertz CT molecular complexity index is 869. The highest BCUT2D eigenvalue weighted by molar-refractivity contribution is 7.80. The lowest BCUT2D eigenvalue weighted by Crippen LogP contribution is -2.43. The molecule has 0 amide bonds. The van der Waals surface area contributed by atoms with Crippen LogP contribution in [0, 0.1) is 0 Å². The molecule has 3 aromatic rings. The van der Waals surface area contributed by atoms with E-state index in [0.717, 1.165) is 24.6 Å². The molecule has 0 unspecified atom stereocenters. The molecule has 0 bridgehead atoms. The summed E-state index contributed by atoms with van der Waals surface area (Å²) in [5, 5.41) is 5.64. The molecule has 2 heterocycles. The first-order chi connectivity index (χ1) is 11.7. The molecule has 1 aromatic heterocycles. The molecular formula is C20H21N3S. The molecule has 4 rings (SSSR count). The van der Waals surface area contributed by atoms with E-state index < -0.39 is 0 Å². The maximum absolute atomic E-state index is 5.68. The largest absolute Gasteiger partial charge is 0.358 e. The lowest BCUT2D eigenvalue weighted by Gasteiger charge is -2.31. The SMILES string of the molecule is C[C@@H](NC(=S)N1CCc2[nH]c3ccccc3c2C1)c1ccccc1. The van der Waals surface area contributed by atoms with Gasteiger partial charge in [-0.15, -0.1) is 0 Å². The van der Waals surface area contributed by atoms with Crippen LogP contribution in [0.3, 0.4) is 0 Å². The van der Waals surface area contributed by atoms with Crippen molar-refractivity contribution in [1.82, 2.24) is 15.2 Å². The number of benzene rings is 2. The normalized spacial score (nSPS) is 15.1. The Labute approximate surface area is 147 Å². The number of hydrogen-bond acceptors (Lipinski definition) is 1. The van der Waals surface area contributed by atoms with Crippen LogP contribution in [0.5, 0.6) is 0 Å². The fraction of sp³-hybridized carbons (Fsp3) is 0.250. The van der Waals surface area contributed by atoms with Crippen LogP contribution in [-0.4, -0.2) is 21.5 Å². The second-order valence-corrected chi connectivity index (χ2v) is 6.77. The Kier molecular flexibility index (Phi) is 3.98. The van der Waals surface area contributed by atoms with Crippen molar-refractivity contribution >= 4 is 28.2 Å². The summed E-state index contributed by atoms with van der Waals surface area (Å²) in [6.45, 7) is 3.97. The summed E-state index contributed by atoms with van der Waals surface area (Å²) < 4.78 is 0. The van der Waals surface area contributed by atoms with Crippen LogP contribution in [0.4, 0.5) is 0 Å². The van der Waals surface area contributed by atoms with Crippen LogP contribution < -0.4 is 5.32 Å². The lowest BCUT2D eigenvalue weighted by atomic mass is 10.0. The molecular weight excluding hydrogens is 314 g/mol. The summed E-state index contributed by atoms with van der Waals surface area (Å²) in [5.74, 6) is 0. The van der Waals surface area contributed by atoms with Gasteiger partial charge in [0.2, 0.25) is 0 Å². The number of aromatic amines is 1. The average molecular weight is 335 g/mol. The third-order valence-corrected chi connectivity index (χ3v) is 5.19. The summed E-state index contributed by atoms with van der Waals surface area (Å²) in [6, 6.07) is 19.2. The zero-order valence-corrected chi connectivity index (χ0v) is 14.6. The molecule has 4 heteroatoms. The minimum atomic E-state index is 0.211. The second-order valence-electron chi connectivity index (χ2n) is 6.38. The minimum absolute atomic E-state index is 0.211. The third-order valence-electron chi connectivity index (χ3n) is 4.81. The van der Waals surface area contributed by atoms with Crippen molar-refractivity contribution < 1.29 is 0 Å². The Morgan fingerprint density at radius 1 is 1.12 bits per heavy atom. The molecule has 24 heavy (non-hydrogen) atoms. The van der Waals surface area contributed by atoms with Crippen LogP contribution in [0.25, 0.3) is 10.9 Å². The number of aromatic nitrogens is 1. The smallest absolute Gasteiger partial charge is 0.169 e. The van der Waals surface area contributed by atoms with Gasteiger partial charge in [0.25, 0.3) is 0 Å². The van der Waals surface area contributed by atoms with Crippen molar-refractivity contribution in [3.05, 3.63) is 71.4 Å². The first kappa shape index (κ1) is 15.2. The van der Waals surface area contributed by atoms with E-state index in [1.54, 1.807) is 0 Å². The quantitative estimate of drug-likeness (QED) is 0.690. The van der Waals surface area contributed by atoms with E-state index >= 15 is 0 Å². The van der Waals surface area contributed by atoms with Gasteiger partial charge in [-0.25, -0.2) is 0 Å². The molecule has 3 nitrogen and oxygen atoms in total. The van der Waals surface area contributed by atoms with Crippen LogP contribution in [0.2, 0.25) is 0 Å². The summed E-state index contributed by atoms with van der Waals surface area (Å²) >= 11 is 5.68. The number of fused-ring (bicyclic) bond motifs is 3. The molecule has 0 aliphatic carbocycles. The molecule has 0 spiro atoms. The molecule has 1 aliphatic rings. The third kappa shape index (κ3) is 2.78. The van der Waals surface area contributed by atoms with Gasteiger partial charge in [0.15, 0.2) is 5.11 Å². The number of thiocarbonyl (C=S) groups is 1. The number of nitrogens with one attached hydrogen (secondary N) is 2. The van der Waals surface area contributed by atoms with E-state index in [0.29, 0.717) is 0 Å². The van der Waals surface area contributed by atoms with Crippen molar-refractivity contribution in [2.75, 3.05) is 6.54 Å². The predicted molar refractivity (Wildman–Crippen MR) is 103 cm³/mol. The zero-order valence-electron chi connectivity index (χ0n) is 13.8. The molecule has 0 saturated carbocycles. The van der Waals surface area contributed by atoms with Gasteiger partial charge in [-0.2, -0.15) is 0 Å². The van der Waals surface area contributed by atoms with E-state index in [4.69, 9.17) is 12.2 Å². The monoisotopic (exact) mass is 335 g/mol. The molecule has 122 valence electrons. The van der Waals surface area contributed by atoms with Gasteiger partial charge < -0.3 is 15.2 Å². The number of hydrogen-bond donors (Lipinski definition) is 2.